The van der Waals surface area contributed by atoms with Gasteiger partial charge in [0.05, 0.1) is 41.7 Å². The lowest BCUT2D eigenvalue weighted by Gasteiger charge is -2.35. The van der Waals surface area contributed by atoms with Gasteiger partial charge in [-0.1, -0.05) is 12.1 Å². The Labute approximate surface area is 182 Å². The van der Waals surface area contributed by atoms with Crippen LogP contribution in [0.15, 0.2) is 30.3 Å². The first-order chi connectivity index (χ1) is 14.8. The van der Waals surface area contributed by atoms with Crippen LogP contribution in [-0.2, 0) is 19.3 Å². The van der Waals surface area contributed by atoms with Gasteiger partial charge in [-0.3, -0.25) is 4.57 Å². The number of benzene rings is 1. The van der Waals surface area contributed by atoms with Gasteiger partial charge in [-0.2, -0.15) is 4.98 Å². The van der Waals surface area contributed by atoms with E-state index >= 15 is 0 Å². The van der Waals surface area contributed by atoms with Crippen LogP contribution in [0.3, 0.4) is 0 Å². The van der Waals surface area contributed by atoms with Gasteiger partial charge in [0.15, 0.2) is 9.84 Å². The molecule has 2 atom stereocenters. The lowest BCUT2D eigenvalue weighted by atomic mass is 10.0. The first-order valence-corrected chi connectivity index (χ1v) is 12.4. The average Bonchev–Trinajstić information content (AvgIpc) is 3.23. The van der Waals surface area contributed by atoms with Crippen molar-refractivity contribution in [3.8, 4) is 5.95 Å². The van der Waals surface area contributed by atoms with Crippen LogP contribution in [-0.4, -0.2) is 59.5 Å². The number of anilines is 1. The molecule has 31 heavy (non-hydrogen) atoms. The van der Waals surface area contributed by atoms with E-state index in [4.69, 9.17) is 14.7 Å². The molecule has 0 unspecified atom stereocenters. The monoisotopic (exact) mass is 441 g/mol. The molecule has 0 saturated carbocycles. The zero-order chi connectivity index (χ0) is 21.8. The van der Waals surface area contributed by atoms with Crippen molar-refractivity contribution in [1.82, 2.24) is 19.5 Å². The minimum atomic E-state index is -3.30. The topological polar surface area (TPSA) is 90.2 Å². The van der Waals surface area contributed by atoms with Gasteiger partial charge in [0.25, 0.3) is 0 Å². The summed E-state index contributed by atoms with van der Waals surface area (Å²) in [6.07, 6.45) is 1.21. The number of aromatic nitrogens is 4. The number of imidazole rings is 1. The second-order valence-electron chi connectivity index (χ2n) is 8.67. The zero-order valence-corrected chi connectivity index (χ0v) is 18.9. The number of hydrogen-bond donors (Lipinski definition) is 0. The molecule has 0 bridgehead atoms. The van der Waals surface area contributed by atoms with Crippen molar-refractivity contribution >= 4 is 26.7 Å². The average molecular weight is 442 g/mol. The number of morpholine rings is 1. The smallest absolute Gasteiger partial charge is 0.237 e. The Morgan fingerprint density at radius 2 is 2.00 bits per heavy atom. The Kier molecular flexibility index (Phi) is 4.78. The molecule has 1 aromatic carbocycles. The Balaban J connectivity index is 1.75. The zero-order valence-electron chi connectivity index (χ0n) is 18.1. The molecule has 2 aromatic heterocycles. The van der Waals surface area contributed by atoms with Crippen LogP contribution in [0.25, 0.3) is 17.0 Å². The van der Waals surface area contributed by atoms with Crippen molar-refractivity contribution < 1.29 is 13.2 Å². The van der Waals surface area contributed by atoms with E-state index < -0.39 is 14.6 Å². The molecule has 2 fully saturated rings. The van der Waals surface area contributed by atoms with Gasteiger partial charge < -0.3 is 9.64 Å². The number of nitrogens with zero attached hydrogens (tertiary/aromatic N) is 5. The number of aryl methyl sites for hydroxylation is 1. The van der Waals surface area contributed by atoms with Gasteiger partial charge in [0.2, 0.25) is 5.95 Å². The van der Waals surface area contributed by atoms with Gasteiger partial charge in [0, 0.05) is 12.6 Å². The van der Waals surface area contributed by atoms with Gasteiger partial charge in [0.1, 0.15) is 16.4 Å². The Morgan fingerprint density at radius 3 is 2.74 bits per heavy atom. The number of para-hydroxylation sites is 2. The van der Waals surface area contributed by atoms with E-state index in [1.165, 1.54) is 0 Å². The predicted octanol–water partition coefficient (Wildman–Crippen LogP) is 2.77. The quantitative estimate of drug-likeness (QED) is 0.617. The van der Waals surface area contributed by atoms with E-state index in [1.54, 1.807) is 6.92 Å². The first-order valence-electron chi connectivity index (χ1n) is 10.7. The largest absolute Gasteiger partial charge is 0.377 e. The Hall–Kier alpha value is -2.52. The van der Waals surface area contributed by atoms with Crippen molar-refractivity contribution in [2.24, 2.45) is 0 Å². The molecule has 0 aliphatic carbocycles. The van der Waals surface area contributed by atoms with E-state index in [9.17, 15) is 8.42 Å². The standard InChI is InChI=1S/C22H27N5O3S/c1-15-14-30-11-10-26(15)20-13-19(22(3)9-6-12-31(22,28)29)24-21(25-20)27-16(2)23-17-7-4-5-8-18(17)27/h4-5,7-8,13,15H,6,9-12,14H2,1-3H3/t15-,22-/m1/s1. The van der Waals surface area contributed by atoms with Crippen LogP contribution >= 0.6 is 0 Å². The molecule has 4 heterocycles. The van der Waals surface area contributed by atoms with Crippen molar-refractivity contribution in [2.75, 3.05) is 30.4 Å². The lowest BCUT2D eigenvalue weighted by Crippen LogP contribution is -2.44. The number of fused-ring (bicyclic) bond motifs is 1. The molecule has 2 saturated heterocycles. The molecule has 164 valence electrons. The van der Waals surface area contributed by atoms with E-state index in [0.29, 0.717) is 44.2 Å². The second kappa shape index (κ2) is 7.27. The molecular weight excluding hydrogens is 414 g/mol. The molecule has 3 aromatic rings. The molecule has 2 aliphatic rings. The third kappa shape index (κ3) is 3.22. The molecular formula is C22H27N5O3S. The number of rotatable bonds is 3. The summed E-state index contributed by atoms with van der Waals surface area (Å²) in [5, 5.41) is 0. The number of ether oxygens (including phenoxy) is 1. The molecule has 9 heteroatoms. The van der Waals surface area contributed by atoms with Gasteiger partial charge >= 0.3 is 0 Å². The van der Waals surface area contributed by atoms with Crippen molar-refractivity contribution in [1.29, 1.82) is 0 Å². The van der Waals surface area contributed by atoms with Crippen molar-refractivity contribution in [3.05, 3.63) is 41.9 Å². The Morgan fingerprint density at radius 1 is 1.19 bits per heavy atom. The summed E-state index contributed by atoms with van der Waals surface area (Å²) in [7, 11) is -3.30. The molecule has 0 radical (unpaired) electrons. The molecule has 0 spiro atoms. The first kappa shape index (κ1) is 20.4. The highest BCUT2D eigenvalue weighted by molar-refractivity contribution is 7.92. The normalized spacial score (nSPS) is 25.9. The molecule has 5 rings (SSSR count). The van der Waals surface area contributed by atoms with Crippen LogP contribution in [0.2, 0.25) is 0 Å². The fourth-order valence-corrected chi connectivity index (χ4v) is 6.53. The maximum absolute atomic E-state index is 13.0. The van der Waals surface area contributed by atoms with Crippen LogP contribution < -0.4 is 4.90 Å². The second-order valence-corrected chi connectivity index (χ2v) is 11.2. The molecule has 0 N–H and O–H groups in total. The van der Waals surface area contributed by atoms with Crippen LogP contribution in [0.5, 0.6) is 0 Å². The maximum Gasteiger partial charge on any atom is 0.237 e. The number of sulfone groups is 1. The summed E-state index contributed by atoms with van der Waals surface area (Å²) in [6, 6.07) is 9.84. The number of hydrogen-bond acceptors (Lipinski definition) is 7. The third-order valence-electron chi connectivity index (χ3n) is 6.59. The summed E-state index contributed by atoms with van der Waals surface area (Å²) >= 11 is 0. The summed E-state index contributed by atoms with van der Waals surface area (Å²) < 4.78 is 32.5. The molecule has 8 nitrogen and oxygen atoms in total. The van der Waals surface area contributed by atoms with Crippen LogP contribution in [0.1, 0.15) is 38.2 Å². The molecule has 2 aliphatic heterocycles. The summed E-state index contributed by atoms with van der Waals surface area (Å²) in [5.74, 6) is 2.15. The maximum atomic E-state index is 13.0. The summed E-state index contributed by atoms with van der Waals surface area (Å²) in [4.78, 5) is 16.6. The van der Waals surface area contributed by atoms with E-state index in [0.717, 1.165) is 22.7 Å². The van der Waals surface area contributed by atoms with E-state index in [2.05, 4.69) is 16.8 Å². The summed E-state index contributed by atoms with van der Waals surface area (Å²) in [6.45, 7) is 7.73. The van der Waals surface area contributed by atoms with Crippen LogP contribution in [0, 0.1) is 6.92 Å². The van der Waals surface area contributed by atoms with Crippen LogP contribution in [0.4, 0.5) is 5.82 Å². The highest BCUT2D eigenvalue weighted by Gasteiger charge is 2.47. The van der Waals surface area contributed by atoms with Gasteiger partial charge in [-0.15, -0.1) is 0 Å². The highest BCUT2D eigenvalue weighted by atomic mass is 32.2. The minimum Gasteiger partial charge on any atom is -0.377 e. The van der Waals surface area contributed by atoms with Crippen molar-refractivity contribution in [3.63, 3.8) is 0 Å². The highest BCUT2D eigenvalue weighted by Crippen LogP contribution is 2.41. The van der Waals surface area contributed by atoms with E-state index in [1.807, 2.05) is 41.8 Å². The van der Waals surface area contributed by atoms with E-state index in [-0.39, 0.29) is 11.8 Å². The van der Waals surface area contributed by atoms with Crippen molar-refractivity contribution in [2.45, 2.75) is 44.4 Å². The summed E-state index contributed by atoms with van der Waals surface area (Å²) in [5.41, 5.74) is 2.31. The SMILES string of the molecule is Cc1nc2ccccc2n1-c1nc(N2CCOC[C@H]2C)cc([C@@]2(C)CCCS2(=O)=O)n1. The fourth-order valence-electron chi connectivity index (χ4n) is 4.67. The lowest BCUT2D eigenvalue weighted by molar-refractivity contribution is 0.0985. The van der Waals surface area contributed by atoms with Gasteiger partial charge in [-0.25, -0.2) is 18.4 Å². The Bertz CT molecular complexity index is 1260. The van der Waals surface area contributed by atoms with Gasteiger partial charge in [-0.05, 0) is 45.7 Å². The third-order valence-corrected chi connectivity index (χ3v) is 9.20. The predicted molar refractivity (Wildman–Crippen MR) is 119 cm³/mol. The fraction of sp³-hybridized carbons (Fsp3) is 0.500. The molecule has 0 amide bonds. The minimum absolute atomic E-state index is 0.137.